The van der Waals surface area contributed by atoms with Crippen LogP contribution in [0, 0.1) is 0 Å². The molecule has 7 heteroatoms. The molecule has 0 radical (unpaired) electrons. The van der Waals surface area contributed by atoms with Crippen molar-refractivity contribution < 1.29 is 28.9 Å². The Morgan fingerprint density at radius 1 is 1.32 bits per heavy atom. The second-order valence-electron chi connectivity index (χ2n) is 3.82. The highest BCUT2D eigenvalue weighted by atomic mass is 32.1. The van der Waals surface area contributed by atoms with Gasteiger partial charge in [-0.05, 0) is 11.4 Å². The number of aliphatic carboxylic acids is 1. The molecule has 0 aliphatic carbocycles. The van der Waals surface area contributed by atoms with Crippen LogP contribution in [0.3, 0.4) is 0 Å². The van der Waals surface area contributed by atoms with Gasteiger partial charge in [0.05, 0.1) is 19.1 Å². The Hall–Kier alpha value is -1.44. The number of methoxy groups -OCH3 is 3. The van der Waals surface area contributed by atoms with E-state index in [1.54, 1.807) is 11.4 Å². The van der Waals surface area contributed by atoms with E-state index in [1.807, 2.05) is 0 Å². The van der Waals surface area contributed by atoms with Crippen LogP contribution < -0.4 is 0 Å². The zero-order valence-electron chi connectivity index (χ0n) is 11.0. The molecule has 6 nitrogen and oxygen atoms in total. The molecule has 1 rings (SSSR count). The molecule has 0 fully saturated rings. The number of esters is 1. The van der Waals surface area contributed by atoms with E-state index >= 15 is 0 Å². The Morgan fingerprint density at radius 3 is 2.42 bits per heavy atom. The van der Waals surface area contributed by atoms with Gasteiger partial charge < -0.3 is 19.3 Å². The number of ether oxygens (including phenoxy) is 3. The average Bonchev–Trinajstić information content (AvgIpc) is 2.84. The maximum Gasteiger partial charge on any atom is 0.338 e. The maximum absolute atomic E-state index is 11.6. The molecule has 0 bridgehead atoms. The number of carbonyl (C=O) groups excluding carboxylic acids is 1. The van der Waals surface area contributed by atoms with Crippen LogP contribution >= 0.6 is 11.3 Å². The Balaban J connectivity index is 3.00. The Morgan fingerprint density at radius 2 is 1.95 bits per heavy atom. The van der Waals surface area contributed by atoms with Gasteiger partial charge in [0.2, 0.25) is 0 Å². The summed E-state index contributed by atoms with van der Waals surface area (Å²) in [6.07, 6.45) is -0.160. The molecule has 1 aromatic rings. The van der Waals surface area contributed by atoms with E-state index in [4.69, 9.17) is 14.6 Å². The number of carboxylic acid groups (broad SMARTS) is 1. The second kappa shape index (κ2) is 6.65. The molecule has 1 N–H and O–H groups in total. The highest BCUT2D eigenvalue weighted by Gasteiger charge is 2.35. The van der Waals surface area contributed by atoms with Gasteiger partial charge in [-0.3, -0.25) is 4.79 Å². The van der Waals surface area contributed by atoms with E-state index < -0.39 is 17.7 Å². The van der Waals surface area contributed by atoms with Crippen LogP contribution in [-0.4, -0.2) is 44.2 Å². The average molecular weight is 288 g/mol. The van der Waals surface area contributed by atoms with Crippen molar-refractivity contribution in [3.8, 4) is 0 Å². The lowest BCUT2D eigenvalue weighted by Crippen LogP contribution is -2.38. The molecule has 19 heavy (non-hydrogen) atoms. The van der Waals surface area contributed by atoms with Gasteiger partial charge in [0, 0.05) is 25.5 Å². The fraction of sp³-hybridized carbons (Fsp3) is 0.500. The normalized spacial score (nSPS) is 11.3. The third-order valence-corrected chi connectivity index (χ3v) is 3.67. The highest BCUT2D eigenvalue weighted by molar-refractivity contribution is 7.10. The summed E-state index contributed by atoms with van der Waals surface area (Å²) in [4.78, 5) is 23.1. The largest absolute Gasteiger partial charge is 0.481 e. The fourth-order valence-electron chi connectivity index (χ4n) is 1.68. The van der Waals surface area contributed by atoms with Gasteiger partial charge in [0.15, 0.2) is 5.79 Å². The number of rotatable bonds is 7. The lowest BCUT2D eigenvalue weighted by molar-refractivity contribution is -0.213. The van der Waals surface area contributed by atoms with Crippen molar-refractivity contribution in [3.05, 3.63) is 21.9 Å². The summed E-state index contributed by atoms with van der Waals surface area (Å²) in [6.45, 7) is 0. The van der Waals surface area contributed by atoms with E-state index in [9.17, 15) is 9.59 Å². The van der Waals surface area contributed by atoms with Crippen LogP contribution in [0.15, 0.2) is 11.4 Å². The van der Waals surface area contributed by atoms with Crippen molar-refractivity contribution in [2.45, 2.75) is 18.6 Å². The van der Waals surface area contributed by atoms with E-state index in [0.717, 1.165) is 0 Å². The quantitative estimate of drug-likeness (QED) is 0.605. The lowest BCUT2D eigenvalue weighted by Gasteiger charge is -2.29. The van der Waals surface area contributed by atoms with Gasteiger partial charge in [-0.25, -0.2) is 4.79 Å². The molecule has 0 spiro atoms. The van der Waals surface area contributed by atoms with Crippen molar-refractivity contribution in [2.75, 3.05) is 21.3 Å². The molecule has 1 aromatic heterocycles. The first-order chi connectivity index (χ1) is 8.98. The minimum absolute atomic E-state index is 0.161. The molecule has 0 atom stereocenters. The summed E-state index contributed by atoms with van der Waals surface area (Å²) in [5, 5.41) is 10.7. The van der Waals surface area contributed by atoms with Crippen LogP contribution in [0.25, 0.3) is 0 Å². The molecular formula is C12H16O6S. The summed E-state index contributed by atoms with van der Waals surface area (Å²) in [7, 11) is 4.04. The zero-order valence-corrected chi connectivity index (χ0v) is 11.8. The molecule has 0 aliphatic rings. The summed E-state index contributed by atoms with van der Waals surface area (Å²) in [6, 6.07) is 1.63. The van der Waals surface area contributed by atoms with E-state index in [-0.39, 0.29) is 12.8 Å². The highest BCUT2D eigenvalue weighted by Crippen LogP contribution is 2.28. The molecule has 0 unspecified atom stereocenters. The SMILES string of the molecule is COC(=O)c1ccsc1CC(CC(=O)O)(OC)OC. The molecular weight excluding hydrogens is 272 g/mol. The number of carbonyl (C=O) groups is 2. The smallest absolute Gasteiger partial charge is 0.338 e. The van der Waals surface area contributed by atoms with Crippen LogP contribution in [0.5, 0.6) is 0 Å². The number of hydrogen-bond donors (Lipinski definition) is 1. The summed E-state index contributed by atoms with van der Waals surface area (Å²) in [5.41, 5.74) is 0.399. The lowest BCUT2D eigenvalue weighted by atomic mass is 10.1. The number of hydrogen-bond acceptors (Lipinski definition) is 6. The van der Waals surface area contributed by atoms with Gasteiger partial charge in [0.25, 0.3) is 0 Å². The fourth-order valence-corrected chi connectivity index (χ4v) is 2.63. The van der Waals surface area contributed by atoms with Crippen LogP contribution in [0.1, 0.15) is 21.7 Å². The molecule has 106 valence electrons. The first-order valence-electron chi connectivity index (χ1n) is 5.45. The van der Waals surface area contributed by atoms with Crippen molar-refractivity contribution in [1.82, 2.24) is 0 Å². The van der Waals surface area contributed by atoms with Crippen LogP contribution in [0.4, 0.5) is 0 Å². The van der Waals surface area contributed by atoms with Crippen molar-refractivity contribution in [2.24, 2.45) is 0 Å². The van der Waals surface area contributed by atoms with Crippen LogP contribution in [-0.2, 0) is 25.4 Å². The molecule has 0 saturated carbocycles. The third kappa shape index (κ3) is 3.76. The Bertz CT molecular complexity index is 449. The number of thiophene rings is 1. The predicted octanol–water partition coefficient (Wildman–Crippen LogP) is 1.54. The van der Waals surface area contributed by atoms with E-state index in [2.05, 4.69) is 4.74 Å². The molecule has 0 amide bonds. The van der Waals surface area contributed by atoms with Gasteiger partial charge in [-0.15, -0.1) is 11.3 Å². The van der Waals surface area contributed by atoms with E-state index in [1.165, 1.54) is 32.7 Å². The molecule has 0 saturated heterocycles. The zero-order chi connectivity index (χ0) is 14.5. The van der Waals surface area contributed by atoms with Gasteiger partial charge in [0.1, 0.15) is 0 Å². The molecule has 0 aliphatic heterocycles. The van der Waals surface area contributed by atoms with Crippen molar-refractivity contribution in [3.63, 3.8) is 0 Å². The predicted molar refractivity (Wildman–Crippen MR) is 68.4 cm³/mol. The maximum atomic E-state index is 11.6. The number of carboxylic acids is 1. The summed E-state index contributed by atoms with van der Waals surface area (Å²) < 4.78 is 15.1. The third-order valence-electron chi connectivity index (χ3n) is 2.75. The van der Waals surface area contributed by atoms with Gasteiger partial charge >= 0.3 is 11.9 Å². The minimum Gasteiger partial charge on any atom is -0.481 e. The summed E-state index contributed by atoms with van der Waals surface area (Å²) in [5.74, 6) is -2.80. The second-order valence-corrected chi connectivity index (χ2v) is 4.82. The minimum atomic E-state index is -1.29. The van der Waals surface area contributed by atoms with E-state index in [0.29, 0.717) is 10.4 Å². The van der Waals surface area contributed by atoms with Crippen molar-refractivity contribution in [1.29, 1.82) is 0 Å². The van der Waals surface area contributed by atoms with Crippen LogP contribution in [0.2, 0.25) is 0 Å². The Kier molecular flexibility index (Phi) is 5.46. The topological polar surface area (TPSA) is 82.1 Å². The van der Waals surface area contributed by atoms with Gasteiger partial charge in [-0.1, -0.05) is 0 Å². The van der Waals surface area contributed by atoms with Gasteiger partial charge in [-0.2, -0.15) is 0 Å². The molecule has 1 heterocycles. The summed E-state index contributed by atoms with van der Waals surface area (Å²) >= 11 is 1.32. The molecule has 0 aromatic carbocycles. The Labute approximate surface area is 114 Å². The first-order valence-corrected chi connectivity index (χ1v) is 6.32. The van der Waals surface area contributed by atoms with Crippen molar-refractivity contribution >= 4 is 23.3 Å². The first kappa shape index (κ1) is 15.6. The monoisotopic (exact) mass is 288 g/mol. The standard InChI is InChI=1S/C12H16O6S/c1-16-11(15)8-4-5-19-9(8)6-12(17-2,18-3)7-10(13)14/h4-5H,6-7H2,1-3H3,(H,13,14).